The van der Waals surface area contributed by atoms with Gasteiger partial charge in [-0.1, -0.05) is 11.3 Å². The highest BCUT2D eigenvalue weighted by atomic mass is 79.9. The summed E-state index contributed by atoms with van der Waals surface area (Å²) in [7, 11) is -4.05. The molecule has 0 unspecified atom stereocenters. The molecule has 0 aliphatic heterocycles. The van der Waals surface area contributed by atoms with Crippen LogP contribution in [0.15, 0.2) is 16.7 Å². The zero-order valence-corrected chi connectivity index (χ0v) is 10.6. The average molecular weight is 309 g/mol. The van der Waals surface area contributed by atoms with Crippen molar-refractivity contribution in [3.05, 3.63) is 21.7 Å². The molecule has 2 aromatic heterocycles. The molecule has 0 spiro atoms. The highest BCUT2D eigenvalue weighted by molar-refractivity contribution is 9.10. The quantitative estimate of drug-likeness (QED) is 0.656. The molecule has 0 aliphatic carbocycles. The number of rotatable bonds is 2. The number of hydrogen-bond acceptors (Lipinski definition) is 4. The Hall–Kier alpha value is -0.330. The van der Waals surface area contributed by atoms with Crippen LogP contribution in [0.1, 0.15) is 5.01 Å². The Morgan fingerprint density at radius 2 is 2.13 bits per heavy atom. The molecular weight excluding hydrogens is 303 g/mol. The van der Waals surface area contributed by atoms with Crippen LogP contribution in [0.25, 0.3) is 10.3 Å². The molecule has 80 valence electrons. The highest BCUT2D eigenvalue weighted by Gasteiger charge is 2.17. The molecule has 0 saturated heterocycles. The van der Waals surface area contributed by atoms with Crippen LogP contribution in [0.4, 0.5) is 0 Å². The van der Waals surface area contributed by atoms with E-state index in [0.29, 0.717) is 20.0 Å². The van der Waals surface area contributed by atoms with Crippen molar-refractivity contribution in [3.63, 3.8) is 0 Å². The van der Waals surface area contributed by atoms with E-state index in [0.717, 1.165) is 0 Å². The zero-order valence-electron chi connectivity index (χ0n) is 7.29. The van der Waals surface area contributed by atoms with Gasteiger partial charge in [-0.2, -0.15) is 0 Å². The molecule has 0 saturated carbocycles. The van der Waals surface area contributed by atoms with E-state index in [9.17, 15) is 4.57 Å². The predicted molar refractivity (Wildman–Crippen MR) is 60.9 cm³/mol. The molecule has 0 aliphatic rings. The lowest BCUT2D eigenvalue weighted by Gasteiger charge is -1.97. The van der Waals surface area contributed by atoms with Gasteiger partial charge in [0.2, 0.25) is 0 Å². The number of nitrogens with zero attached hydrogens (tertiary/aromatic N) is 2. The van der Waals surface area contributed by atoms with Crippen LogP contribution in [0, 0.1) is 0 Å². The summed E-state index contributed by atoms with van der Waals surface area (Å²) in [4.78, 5) is 26.5. The Morgan fingerprint density at radius 3 is 2.80 bits per heavy atom. The molecule has 2 N–H and O–H groups in total. The summed E-state index contributed by atoms with van der Waals surface area (Å²) in [6.45, 7) is 0. The molecule has 15 heavy (non-hydrogen) atoms. The number of thiazole rings is 1. The second kappa shape index (κ2) is 3.92. The molecule has 0 bridgehead atoms. The zero-order chi connectivity index (χ0) is 11.1. The first-order valence-corrected chi connectivity index (χ1v) is 7.31. The lowest BCUT2D eigenvalue weighted by Crippen LogP contribution is -1.84. The van der Waals surface area contributed by atoms with Gasteiger partial charge in [-0.05, 0) is 28.1 Å². The number of hydrogen-bond donors (Lipinski definition) is 2. The van der Waals surface area contributed by atoms with Gasteiger partial charge in [0.05, 0.1) is 0 Å². The van der Waals surface area contributed by atoms with E-state index in [1.165, 1.54) is 11.3 Å². The van der Waals surface area contributed by atoms with Crippen molar-refractivity contribution in [1.82, 2.24) is 9.97 Å². The minimum Gasteiger partial charge on any atom is -0.324 e. The van der Waals surface area contributed by atoms with Crippen molar-refractivity contribution in [2.24, 2.45) is 0 Å². The topological polar surface area (TPSA) is 83.3 Å². The van der Waals surface area contributed by atoms with Crippen LogP contribution in [0.3, 0.4) is 0 Å². The van der Waals surface area contributed by atoms with E-state index in [1.807, 2.05) is 0 Å². The SMILES string of the molecule is O=P(O)(O)Cc1nc2ccc(Br)nc2s1. The Kier molecular flexibility index (Phi) is 2.92. The van der Waals surface area contributed by atoms with Gasteiger partial charge in [0.1, 0.15) is 26.1 Å². The third-order valence-corrected chi connectivity index (χ3v) is 3.94. The maximum absolute atomic E-state index is 10.8. The first-order chi connectivity index (χ1) is 6.94. The van der Waals surface area contributed by atoms with Crippen LogP contribution < -0.4 is 0 Å². The summed E-state index contributed by atoms with van der Waals surface area (Å²) in [5.74, 6) is 0. The fourth-order valence-electron chi connectivity index (χ4n) is 1.08. The second-order valence-electron chi connectivity index (χ2n) is 2.89. The maximum Gasteiger partial charge on any atom is 0.332 e. The third kappa shape index (κ3) is 2.83. The standard InChI is InChI=1S/C7H6BrN2O3PS/c8-5-2-1-4-7(10-5)15-6(9-4)3-14(11,12)13/h1-2H,3H2,(H2,11,12,13). The summed E-state index contributed by atoms with van der Waals surface area (Å²) in [5.41, 5.74) is 0.659. The van der Waals surface area contributed by atoms with Crippen molar-refractivity contribution in [1.29, 1.82) is 0 Å². The van der Waals surface area contributed by atoms with Gasteiger partial charge >= 0.3 is 7.60 Å². The smallest absolute Gasteiger partial charge is 0.324 e. The molecule has 0 radical (unpaired) electrons. The van der Waals surface area contributed by atoms with Crippen LogP contribution in [-0.4, -0.2) is 19.8 Å². The van der Waals surface area contributed by atoms with Gasteiger partial charge < -0.3 is 9.79 Å². The summed E-state index contributed by atoms with van der Waals surface area (Å²) in [6, 6.07) is 3.50. The van der Waals surface area contributed by atoms with E-state index < -0.39 is 7.60 Å². The average Bonchev–Trinajstić information content (AvgIpc) is 2.42. The Bertz CT molecular complexity index is 552. The van der Waals surface area contributed by atoms with E-state index in [1.54, 1.807) is 12.1 Å². The number of fused-ring (bicyclic) bond motifs is 1. The number of halogens is 1. The Balaban J connectivity index is 2.43. The van der Waals surface area contributed by atoms with E-state index in [2.05, 4.69) is 25.9 Å². The van der Waals surface area contributed by atoms with E-state index >= 15 is 0 Å². The molecule has 5 nitrogen and oxygen atoms in total. The van der Waals surface area contributed by atoms with Gasteiger partial charge in [-0.15, -0.1) is 0 Å². The monoisotopic (exact) mass is 308 g/mol. The maximum atomic E-state index is 10.8. The second-order valence-corrected chi connectivity index (χ2v) is 6.41. The fourth-order valence-corrected chi connectivity index (χ4v) is 3.43. The van der Waals surface area contributed by atoms with Crippen molar-refractivity contribution in [3.8, 4) is 0 Å². The molecule has 0 fully saturated rings. The van der Waals surface area contributed by atoms with Crippen molar-refractivity contribution < 1.29 is 14.4 Å². The van der Waals surface area contributed by atoms with Crippen molar-refractivity contribution >= 4 is 45.2 Å². The summed E-state index contributed by atoms with van der Waals surface area (Å²) in [5, 5.41) is 0.406. The lowest BCUT2D eigenvalue weighted by molar-refractivity contribution is 0.371. The largest absolute Gasteiger partial charge is 0.332 e. The van der Waals surface area contributed by atoms with Crippen LogP contribution in [0.5, 0.6) is 0 Å². The summed E-state index contributed by atoms with van der Waals surface area (Å²) in [6.07, 6.45) is -0.328. The van der Waals surface area contributed by atoms with Crippen molar-refractivity contribution in [2.45, 2.75) is 6.16 Å². The van der Waals surface area contributed by atoms with E-state index in [-0.39, 0.29) is 6.16 Å². The van der Waals surface area contributed by atoms with Crippen LogP contribution >= 0.6 is 34.9 Å². The molecular formula is C7H6BrN2O3PS. The first kappa shape index (κ1) is 11.2. The molecule has 2 rings (SSSR count). The Labute approximate surface area is 97.5 Å². The summed E-state index contributed by atoms with van der Waals surface area (Å²) < 4.78 is 11.5. The Morgan fingerprint density at radius 1 is 1.40 bits per heavy atom. The fraction of sp³-hybridized carbons (Fsp3) is 0.143. The molecule has 0 aromatic carbocycles. The van der Waals surface area contributed by atoms with Crippen LogP contribution in [0.2, 0.25) is 0 Å². The highest BCUT2D eigenvalue weighted by Crippen LogP contribution is 2.40. The van der Waals surface area contributed by atoms with Gasteiger partial charge in [0.15, 0.2) is 0 Å². The summed E-state index contributed by atoms with van der Waals surface area (Å²) >= 11 is 4.41. The predicted octanol–water partition coefficient (Wildman–Crippen LogP) is 2.13. The van der Waals surface area contributed by atoms with Crippen LogP contribution in [-0.2, 0) is 10.7 Å². The molecule has 2 aromatic rings. The van der Waals surface area contributed by atoms with E-state index in [4.69, 9.17) is 9.79 Å². The van der Waals surface area contributed by atoms with Gasteiger partial charge in [0.25, 0.3) is 0 Å². The number of pyridine rings is 1. The molecule has 8 heteroatoms. The first-order valence-electron chi connectivity index (χ1n) is 3.90. The van der Waals surface area contributed by atoms with Gasteiger partial charge in [-0.3, -0.25) is 4.57 Å². The molecule has 0 amide bonds. The normalized spacial score (nSPS) is 12.2. The number of aromatic nitrogens is 2. The lowest BCUT2D eigenvalue weighted by atomic mass is 10.5. The van der Waals surface area contributed by atoms with Gasteiger partial charge in [-0.25, -0.2) is 9.97 Å². The third-order valence-electron chi connectivity index (χ3n) is 1.61. The van der Waals surface area contributed by atoms with Gasteiger partial charge in [0, 0.05) is 0 Å². The molecule has 0 atom stereocenters. The minimum atomic E-state index is -4.05. The molecule has 2 heterocycles. The minimum absolute atomic E-state index is 0.328. The van der Waals surface area contributed by atoms with Crippen molar-refractivity contribution in [2.75, 3.05) is 0 Å².